The van der Waals surface area contributed by atoms with Crippen molar-refractivity contribution in [2.24, 2.45) is 0 Å². The summed E-state index contributed by atoms with van der Waals surface area (Å²) in [6.45, 7) is 2.22. The molecule has 0 bridgehead atoms. The molecule has 0 aliphatic heterocycles. The van der Waals surface area contributed by atoms with E-state index in [9.17, 15) is 20.0 Å². The van der Waals surface area contributed by atoms with E-state index < -0.39 is 11.0 Å². The Balaban J connectivity index is 2.47. The Kier molecular flexibility index (Phi) is 6.26. The van der Waals surface area contributed by atoms with Crippen LogP contribution in [-0.2, 0) is 6.61 Å². The molecule has 0 spiro atoms. The summed E-state index contributed by atoms with van der Waals surface area (Å²) in [5, 5.41) is 23.2. The highest BCUT2D eigenvalue weighted by Crippen LogP contribution is 2.17. The number of ketones is 1. The second kappa shape index (κ2) is 8.41. The van der Waals surface area contributed by atoms with Gasteiger partial charge in [0, 0.05) is 35.9 Å². The summed E-state index contributed by atoms with van der Waals surface area (Å²) in [5.74, 6) is -0.366. The lowest BCUT2D eigenvalue weighted by atomic mass is 10.0. The predicted molar refractivity (Wildman–Crippen MR) is 95.3 cm³/mol. The number of likely N-dealkylation sites (N-methyl/N-ethyl adjacent to an activating group) is 1. The number of non-ortho nitro benzene ring substituents is 1. The minimum absolute atomic E-state index is 0.159. The van der Waals surface area contributed by atoms with Crippen molar-refractivity contribution in [3.63, 3.8) is 0 Å². The Morgan fingerprint density at radius 3 is 2.80 bits per heavy atom. The maximum Gasteiger partial charge on any atom is 0.270 e. The maximum absolute atomic E-state index is 13.0. The van der Waals surface area contributed by atoms with E-state index in [0.717, 1.165) is 0 Å². The number of benzene rings is 1. The molecule has 0 aliphatic rings. The van der Waals surface area contributed by atoms with Gasteiger partial charge in [0.25, 0.3) is 11.7 Å². The SMILES string of the molecule is CCNC(=S)C(C(=O)c1cccc([N+](=O)[O-])c1)[n+]1cccc(CO)c1. The molecule has 2 rings (SSSR count). The van der Waals surface area contributed by atoms with Crippen LogP contribution in [0.3, 0.4) is 0 Å². The summed E-state index contributed by atoms with van der Waals surface area (Å²) in [7, 11) is 0. The molecule has 7 nitrogen and oxygen atoms in total. The highest BCUT2D eigenvalue weighted by Gasteiger charge is 2.33. The predicted octanol–water partition coefficient (Wildman–Crippen LogP) is 1.74. The first kappa shape index (κ1) is 18.6. The molecular weight excluding hydrogens is 342 g/mol. The summed E-state index contributed by atoms with van der Waals surface area (Å²) in [6, 6.07) is 8.12. The van der Waals surface area contributed by atoms with E-state index in [1.165, 1.54) is 24.3 Å². The number of aliphatic hydroxyl groups is 1. The summed E-state index contributed by atoms with van der Waals surface area (Å²) < 4.78 is 1.59. The number of nitrogens with one attached hydrogen (secondary N) is 1. The van der Waals surface area contributed by atoms with Gasteiger partial charge in [0.05, 0.1) is 11.5 Å². The Morgan fingerprint density at radius 1 is 1.40 bits per heavy atom. The highest BCUT2D eigenvalue weighted by atomic mass is 32.1. The zero-order chi connectivity index (χ0) is 18.4. The summed E-state index contributed by atoms with van der Waals surface area (Å²) in [4.78, 5) is 23.7. The molecule has 1 unspecified atom stereocenters. The number of nitrogens with zero attached hydrogens (tertiary/aromatic N) is 2. The lowest BCUT2D eigenvalue weighted by molar-refractivity contribution is -0.692. The molecule has 25 heavy (non-hydrogen) atoms. The van der Waals surface area contributed by atoms with Crippen LogP contribution in [-0.4, -0.2) is 27.3 Å². The van der Waals surface area contributed by atoms with Gasteiger partial charge in [-0.05, 0) is 13.0 Å². The molecule has 1 heterocycles. The standard InChI is InChI=1S/C17H17N3O4S/c1-2-18-17(25)15(19-8-4-5-12(10-19)11-21)16(22)13-6-3-7-14(9-13)20(23)24/h3-10,15,21H,2,11H2,1H3/p+1. The molecule has 2 aromatic rings. The molecule has 0 saturated carbocycles. The Morgan fingerprint density at radius 2 is 2.16 bits per heavy atom. The monoisotopic (exact) mass is 360 g/mol. The molecule has 0 amide bonds. The van der Waals surface area contributed by atoms with Gasteiger partial charge in [-0.25, -0.2) is 0 Å². The van der Waals surface area contributed by atoms with Gasteiger partial charge in [0.2, 0.25) is 5.78 Å². The number of pyridine rings is 1. The molecule has 1 aromatic heterocycles. The number of nitro benzene ring substituents is 1. The van der Waals surface area contributed by atoms with Gasteiger partial charge in [0.15, 0.2) is 17.4 Å². The molecule has 1 aromatic carbocycles. The van der Waals surface area contributed by atoms with Crippen LogP contribution in [0.2, 0.25) is 0 Å². The molecule has 2 N–H and O–H groups in total. The van der Waals surface area contributed by atoms with Crippen molar-refractivity contribution in [3.05, 3.63) is 70.0 Å². The summed E-state index contributed by atoms with van der Waals surface area (Å²) in [6.07, 6.45) is 3.30. The number of aliphatic hydroxyl groups excluding tert-OH is 1. The zero-order valence-electron chi connectivity index (χ0n) is 13.6. The van der Waals surface area contributed by atoms with Crippen molar-refractivity contribution in [1.82, 2.24) is 5.32 Å². The maximum atomic E-state index is 13.0. The minimum atomic E-state index is -0.858. The first-order valence-corrected chi connectivity index (χ1v) is 8.05. The molecule has 0 fully saturated rings. The molecule has 0 saturated heterocycles. The molecule has 0 aliphatic carbocycles. The van der Waals surface area contributed by atoms with Gasteiger partial charge in [-0.2, -0.15) is 4.57 Å². The number of rotatable bonds is 7. The van der Waals surface area contributed by atoms with Gasteiger partial charge in [-0.3, -0.25) is 14.9 Å². The van der Waals surface area contributed by atoms with Gasteiger partial charge >= 0.3 is 0 Å². The number of nitro groups is 1. The van der Waals surface area contributed by atoms with Crippen LogP contribution in [0.15, 0.2) is 48.8 Å². The van der Waals surface area contributed by atoms with E-state index in [-0.39, 0.29) is 23.6 Å². The van der Waals surface area contributed by atoms with E-state index in [2.05, 4.69) is 5.32 Å². The van der Waals surface area contributed by atoms with Gasteiger partial charge in [0.1, 0.15) is 0 Å². The fourth-order valence-electron chi connectivity index (χ4n) is 2.39. The van der Waals surface area contributed by atoms with E-state index in [1.54, 1.807) is 29.1 Å². The van der Waals surface area contributed by atoms with Crippen LogP contribution < -0.4 is 9.88 Å². The number of hydrogen-bond acceptors (Lipinski definition) is 5. The van der Waals surface area contributed by atoms with E-state index in [1.807, 2.05) is 6.92 Å². The second-order valence-electron chi connectivity index (χ2n) is 5.29. The number of thiocarbonyl (C=S) groups is 1. The third-order valence-electron chi connectivity index (χ3n) is 3.55. The number of Topliss-reactive ketones (excluding diaryl/α,β-unsaturated/α-hetero) is 1. The topological polar surface area (TPSA) is 96.3 Å². The third kappa shape index (κ3) is 4.43. The van der Waals surface area contributed by atoms with Crippen molar-refractivity contribution in [1.29, 1.82) is 0 Å². The molecule has 0 radical (unpaired) electrons. The zero-order valence-corrected chi connectivity index (χ0v) is 14.4. The second-order valence-corrected chi connectivity index (χ2v) is 5.73. The lowest BCUT2D eigenvalue weighted by Crippen LogP contribution is -2.51. The lowest BCUT2D eigenvalue weighted by Gasteiger charge is -2.14. The van der Waals surface area contributed by atoms with Gasteiger partial charge < -0.3 is 10.4 Å². The number of carbonyl (C=O) groups is 1. The Labute approximate surface area is 150 Å². The number of aromatic nitrogens is 1. The molecule has 1 atom stereocenters. The van der Waals surface area contributed by atoms with Crippen molar-refractivity contribution >= 4 is 28.7 Å². The largest absolute Gasteiger partial charge is 0.391 e. The minimum Gasteiger partial charge on any atom is -0.391 e. The van der Waals surface area contributed by atoms with Crippen molar-refractivity contribution in [2.45, 2.75) is 19.6 Å². The molecule has 8 heteroatoms. The average Bonchev–Trinajstić information content (AvgIpc) is 2.62. The summed E-state index contributed by atoms with van der Waals surface area (Å²) >= 11 is 5.35. The fraction of sp³-hybridized carbons (Fsp3) is 0.235. The molecular formula is C17H18N3O4S+. The van der Waals surface area contributed by atoms with Crippen molar-refractivity contribution in [3.8, 4) is 0 Å². The van der Waals surface area contributed by atoms with E-state index >= 15 is 0 Å². The molecule has 130 valence electrons. The van der Waals surface area contributed by atoms with Crippen LogP contribution in [0.4, 0.5) is 5.69 Å². The van der Waals surface area contributed by atoms with Gasteiger partial charge in [-0.15, -0.1) is 0 Å². The fourth-order valence-corrected chi connectivity index (χ4v) is 2.76. The number of carbonyl (C=O) groups excluding carboxylic acids is 1. The van der Waals surface area contributed by atoms with Crippen LogP contribution >= 0.6 is 12.2 Å². The van der Waals surface area contributed by atoms with Crippen LogP contribution in [0.5, 0.6) is 0 Å². The van der Waals surface area contributed by atoms with Crippen molar-refractivity contribution < 1.29 is 19.4 Å². The van der Waals surface area contributed by atoms with Crippen LogP contribution in [0.1, 0.15) is 28.9 Å². The Bertz CT molecular complexity index is 810. The first-order valence-electron chi connectivity index (χ1n) is 7.64. The Hall–Kier alpha value is -2.71. The normalized spacial score (nSPS) is 11.6. The van der Waals surface area contributed by atoms with Crippen LogP contribution in [0.25, 0.3) is 0 Å². The van der Waals surface area contributed by atoms with Gasteiger partial charge in [-0.1, -0.05) is 24.4 Å². The van der Waals surface area contributed by atoms with Crippen LogP contribution in [0, 0.1) is 10.1 Å². The smallest absolute Gasteiger partial charge is 0.270 e. The third-order valence-corrected chi connectivity index (χ3v) is 3.92. The summed E-state index contributed by atoms with van der Waals surface area (Å²) in [5.41, 5.74) is 0.660. The number of hydrogen-bond donors (Lipinski definition) is 2. The van der Waals surface area contributed by atoms with Crippen molar-refractivity contribution in [2.75, 3.05) is 6.54 Å². The highest BCUT2D eigenvalue weighted by molar-refractivity contribution is 7.80. The van der Waals surface area contributed by atoms with E-state index in [4.69, 9.17) is 12.2 Å². The van der Waals surface area contributed by atoms with E-state index in [0.29, 0.717) is 17.1 Å². The first-order chi connectivity index (χ1) is 12.0. The average molecular weight is 360 g/mol. The quantitative estimate of drug-likeness (QED) is 0.257.